The summed E-state index contributed by atoms with van der Waals surface area (Å²) >= 11 is 0. The fraction of sp³-hybridized carbons (Fsp3) is 0.353. The molecular formula is C17H20N4O2. The number of carbonyl (C=O) groups is 1. The van der Waals surface area contributed by atoms with E-state index in [9.17, 15) is 4.79 Å². The number of para-hydroxylation sites is 1. The molecule has 6 nitrogen and oxygen atoms in total. The fourth-order valence-electron chi connectivity index (χ4n) is 2.65. The van der Waals surface area contributed by atoms with E-state index in [1.54, 1.807) is 24.4 Å². The van der Waals surface area contributed by atoms with E-state index in [1.807, 2.05) is 18.2 Å². The Morgan fingerprint density at radius 1 is 1.30 bits per heavy atom. The van der Waals surface area contributed by atoms with Gasteiger partial charge in [0.2, 0.25) is 5.95 Å². The molecule has 1 aromatic heterocycles. The minimum Gasteiger partial charge on any atom is -0.385 e. The van der Waals surface area contributed by atoms with Crippen molar-refractivity contribution in [1.82, 2.24) is 9.97 Å². The lowest BCUT2D eigenvalue weighted by atomic mass is 10.2. The molecule has 0 saturated heterocycles. The third-order valence-electron chi connectivity index (χ3n) is 3.84. The third kappa shape index (κ3) is 3.48. The minimum atomic E-state index is -0.0547. The van der Waals surface area contributed by atoms with Gasteiger partial charge in [-0.3, -0.25) is 4.79 Å². The number of hydrogen-bond acceptors (Lipinski definition) is 5. The maximum Gasteiger partial charge on any atom is 0.261 e. The van der Waals surface area contributed by atoms with Crippen molar-refractivity contribution in [3.05, 3.63) is 47.8 Å². The Bertz CT molecular complexity index is 673. The highest BCUT2D eigenvalue weighted by Gasteiger charge is 2.25. The van der Waals surface area contributed by atoms with Gasteiger partial charge in [0.1, 0.15) is 0 Å². The van der Waals surface area contributed by atoms with Crippen molar-refractivity contribution in [1.29, 1.82) is 0 Å². The SMILES string of the molecule is COCCCNc1ncc(C(=O)N2CCc3ccccc32)cn1. The molecule has 0 spiro atoms. The average Bonchev–Trinajstić information content (AvgIpc) is 3.03. The van der Waals surface area contributed by atoms with Crippen molar-refractivity contribution in [3.63, 3.8) is 0 Å². The molecule has 0 atom stereocenters. The Kier molecular flexibility index (Phi) is 4.83. The second kappa shape index (κ2) is 7.19. The van der Waals surface area contributed by atoms with Gasteiger partial charge in [0.05, 0.1) is 5.56 Å². The van der Waals surface area contributed by atoms with Gasteiger partial charge >= 0.3 is 0 Å². The molecule has 1 aliphatic rings. The van der Waals surface area contributed by atoms with E-state index in [0.717, 1.165) is 25.1 Å². The number of fused-ring (bicyclic) bond motifs is 1. The van der Waals surface area contributed by atoms with E-state index in [2.05, 4.69) is 21.4 Å². The van der Waals surface area contributed by atoms with Crippen molar-refractivity contribution in [3.8, 4) is 0 Å². The number of benzene rings is 1. The van der Waals surface area contributed by atoms with Gasteiger partial charge in [0.15, 0.2) is 0 Å². The van der Waals surface area contributed by atoms with E-state index < -0.39 is 0 Å². The lowest BCUT2D eigenvalue weighted by molar-refractivity contribution is 0.0988. The number of amides is 1. The number of anilines is 2. The third-order valence-corrected chi connectivity index (χ3v) is 3.84. The lowest BCUT2D eigenvalue weighted by Gasteiger charge is -2.17. The molecule has 0 unspecified atom stereocenters. The molecule has 23 heavy (non-hydrogen) atoms. The van der Waals surface area contributed by atoms with Crippen molar-refractivity contribution >= 4 is 17.5 Å². The van der Waals surface area contributed by atoms with E-state index >= 15 is 0 Å². The van der Waals surface area contributed by atoms with E-state index in [1.165, 1.54) is 5.56 Å². The summed E-state index contributed by atoms with van der Waals surface area (Å²) in [5, 5.41) is 3.10. The minimum absolute atomic E-state index is 0.0547. The van der Waals surface area contributed by atoms with Crippen LogP contribution < -0.4 is 10.2 Å². The van der Waals surface area contributed by atoms with Gasteiger partial charge in [-0.2, -0.15) is 0 Å². The predicted octanol–water partition coefficient (Wildman–Crippen LogP) is 2.13. The second-order valence-corrected chi connectivity index (χ2v) is 5.40. The molecule has 120 valence electrons. The first kappa shape index (κ1) is 15.4. The second-order valence-electron chi connectivity index (χ2n) is 5.40. The smallest absolute Gasteiger partial charge is 0.261 e. The molecule has 3 rings (SSSR count). The van der Waals surface area contributed by atoms with Gasteiger partial charge in [-0.1, -0.05) is 18.2 Å². The van der Waals surface area contributed by atoms with Crippen LogP contribution in [0.15, 0.2) is 36.7 Å². The van der Waals surface area contributed by atoms with Crippen LogP contribution >= 0.6 is 0 Å². The highest BCUT2D eigenvalue weighted by molar-refractivity contribution is 6.06. The van der Waals surface area contributed by atoms with Gasteiger partial charge in [0.25, 0.3) is 5.91 Å². The molecule has 6 heteroatoms. The number of ether oxygens (including phenoxy) is 1. The Morgan fingerprint density at radius 3 is 2.87 bits per heavy atom. The topological polar surface area (TPSA) is 67.3 Å². The summed E-state index contributed by atoms with van der Waals surface area (Å²) in [6.07, 6.45) is 4.93. The number of nitrogens with one attached hydrogen (secondary N) is 1. The number of carbonyl (C=O) groups excluding carboxylic acids is 1. The van der Waals surface area contributed by atoms with Crippen LogP contribution in [0.1, 0.15) is 22.3 Å². The predicted molar refractivity (Wildman–Crippen MR) is 88.8 cm³/mol. The van der Waals surface area contributed by atoms with Crippen LogP contribution in [0.4, 0.5) is 11.6 Å². The Hall–Kier alpha value is -2.47. The lowest BCUT2D eigenvalue weighted by Crippen LogP contribution is -2.29. The molecule has 0 saturated carbocycles. The van der Waals surface area contributed by atoms with E-state index in [4.69, 9.17) is 4.74 Å². The Balaban J connectivity index is 1.65. The number of rotatable bonds is 6. The zero-order valence-electron chi connectivity index (χ0n) is 13.2. The van der Waals surface area contributed by atoms with Gasteiger partial charge in [0, 0.05) is 44.9 Å². The largest absolute Gasteiger partial charge is 0.385 e. The van der Waals surface area contributed by atoms with Crippen molar-refractivity contribution < 1.29 is 9.53 Å². The summed E-state index contributed by atoms with van der Waals surface area (Å²) < 4.78 is 4.99. The van der Waals surface area contributed by atoms with Gasteiger partial charge in [-0.25, -0.2) is 9.97 Å². The molecule has 1 amide bonds. The number of aromatic nitrogens is 2. The van der Waals surface area contributed by atoms with Crippen molar-refractivity contribution in [2.45, 2.75) is 12.8 Å². The summed E-state index contributed by atoms with van der Waals surface area (Å²) in [5.74, 6) is 0.473. The quantitative estimate of drug-likeness (QED) is 0.828. The van der Waals surface area contributed by atoms with E-state index in [0.29, 0.717) is 24.7 Å². The Morgan fingerprint density at radius 2 is 2.09 bits per heavy atom. The summed E-state index contributed by atoms with van der Waals surface area (Å²) in [6, 6.07) is 7.99. The van der Waals surface area contributed by atoms with Crippen LogP contribution in [0, 0.1) is 0 Å². The molecule has 0 radical (unpaired) electrons. The molecule has 0 bridgehead atoms. The maximum absolute atomic E-state index is 12.6. The number of hydrogen-bond donors (Lipinski definition) is 1. The van der Waals surface area contributed by atoms with Crippen molar-refractivity contribution in [2.24, 2.45) is 0 Å². The average molecular weight is 312 g/mol. The molecular weight excluding hydrogens is 292 g/mol. The molecule has 0 aliphatic carbocycles. The number of nitrogens with zero attached hydrogens (tertiary/aromatic N) is 3. The molecule has 1 aliphatic heterocycles. The standard InChI is InChI=1S/C17H20N4O2/c1-23-10-4-8-18-17-19-11-14(12-20-17)16(22)21-9-7-13-5-2-3-6-15(13)21/h2-3,5-6,11-12H,4,7-10H2,1H3,(H,18,19,20). The van der Waals surface area contributed by atoms with Crippen LogP contribution in [-0.2, 0) is 11.2 Å². The summed E-state index contributed by atoms with van der Waals surface area (Å²) in [6.45, 7) is 2.13. The summed E-state index contributed by atoms with van der Waals surface area (Å²) in [4.78, 5) is 22.8. The molecule has 1 aromatic carbocycles. The molecule has 1 N–H and O–H groups in total. The molecule has 2 heterocycles. The highest BCUT2D eigenvalue weighted by atomic mass is 16.5. The zero-order valence-corrected chi connectivity index (χ0v) is 13.2. The summed E-state index contributed by atoms with van der Waals surface area (Å²) in [5.41, 5.74) is 2.70. The van der Waals surface area contributed by atoms with Crippen LogP contribution in [0.3, 0.4) is 0 Å². The van der Waals surface area contributed by atoms with Gasteiger partial charge in [-0.05, 0) is 24.5 Å². The maximum atomic E-state index is 12.6. The first-order chi connectivity index (χ1) is 11.3. The molecule has 0 fully saturated rings. The van der Waals surface area contributed by atoms with Gasteiger partial charge < -0.3 is 15.0 Å². The van der Waals surface area contributed by atoms with E-state index in [-0.39, 0.29) is 5.91 Å². The first-order valence-corrected chi connectivity index (χ1v) is 7.74. The summed E-state index contributed by atoms with van der Waals surface area (Å²) in [7, 11) is 1.67. The van der Waals surface area contributed by atoms with Crippen molar-refractivity contribution in [2.75, 3.05) is 37.0 Å². The van der Waals surface area contributed by atoms with Crippen LogP contribution in [0.2, 0.25) is 0 Å². The molecule has 2 aromatic rings. The fourth-order valence-corrected chi connectivity index (χ4v) is 2.65. The Labute approximate surface area is 135 Å². The van der Waals surface area contributed by atoms with Gasteiger partial charge in [-0.15, -0.1) is 0 Å². The normalized spacial score (nSPS) is 13.0. The first-order valence-electron chi connectivity index (χ1n) is 7.74. The zero-order chi connectivity index (χ0) is 16.1. The highest BCUT2D eigenvalue weighted by Crippen LogP contribution is 2.28. The number of methoxy groups -OCH3 is 1. The van der Waals surface area contributed by atoms with Crippen LogP contribution in [-0.4, -0.2) is 42.7 Å². The monoisotopic (exact) mass is 312 g/mol. The van der Waals surface area contributed by atoms with Crippen LogP contribution in [0.5, 0.6) is 0 Å². The van der Waals surface area contributed by atoms with Crippen LogP contribution in [0.25, 0.3) is 0 Å².